The van der Waals surface area contributed by atoms with Crippen molar-refractivity contribution in [2.45, 2.75) is 26.2 Å². The Bertz CT molecular complexity index is 274. The number of carbonyl (C=O) groups is 1. The summed E-state index contributed by atoms with van der Waals surface area (Å²) in [6.45, 7) is 6.16. The van der Waals surface area contributed by atoms with Crippen LogP contribution in [0.4, 0.5) is 0 Å². The van der Waals surface area contributed by atoms with Crippen molar-refractivity contribution in [2.75, 3.05) is 0 Å². The Hall–Kier alpha value is -1.11. The van der Waals surface area contributed by atoms with Gasteiger partial charge in [0.1, 0.15) is 6.29 Å². The average molecular weight is 176 g/mol. The van der Waals surface area contributed by atoms with Crippen LogP contribution < -0.4 is 0 Å². The van der Waals surface area contributed by atoms with E-state index in [1.807, 2.05) is 25.1 Å². The molecule has 0 N–H and O–H groups in total. The van der Waals surface area contributed by atoms with E-state index in [0.29, 0.717) is 0 Å². The quantitative estimate of drug-likeness (QED) is 0.647. The lowest BCUT2D eigenvalue weighted by Crippen LogP contribution is -2.27. The van der Waals surface area contributed by atoms with Gasteiger partial charge in [-0.25, -0.2) is 0 Å². The summed E-state index contributed by atoms with van der Waals surface area (Å²) in [4.78, 5) is 10.7. The van der Waals surface area contributed by atoms with Crippen molar-refractivity contribution in [3.05, 3.63) is 35.9 Å². The molecule has 1 nitrogen and oxygen atoms in total. The van der Waals surface area contributed by atoms with Crippen LogP contribution in [-0.2, 0) is 10.2 Å². The molecule has 1 atom stereocenters. The lowest BCUT2D eigenvalue weighted by molar-refractivity contribution is -0.112. The largest absolute Gasteiger partial charge is 0.303 e. The normalized spacial score (nSPS) is 13.8. The van der Waals surface area contributed by atoms with Crippen molar-refractivity contribution in [3.8, 4) is 0 Å². The monoisotopic (exact) mass is 176 g/mol. The number of carbonyl (C=O) groups excluding carboxylic acids is 1. The molecule has 0 aliphatic rings. The molecule has 0 aliphatic carbocycles. The molecular formula is C12H16O. The van der Waals surface area contributed by atoms with Crippen LogP contribution in [0.3, 0.4) is 0 Å². The molecule has 13 heavy (non-hydrogen) atoms. The fraction of sp³-hybridized carbons (Fsp3) is 0.417. The van der Waals surface area contributed by atoms with E-state index in [1.165, 1.54) is 5.56 Å². The van der Waals surface area contributed by atoms with Gasteiger partial charge in [-0.3, -0.25) is 0 Å². The maximum absolute atomic E-state index is 10.7. The second kappa shape index (κ2) is 3.73. The van der Waals surface area contributed by atoms with Crippen LogP contribution in [-0.4, -0.2) is 6.29 Å². The van der Waals surface area contributed by atoms with Gasteiger partial charge in [0.15, 0.2) is 0 Å². The first-order valence-electron chi connectivity index (χ1n) is 4.60. The van der Waals surface area contributed by atoms with Gasteiger partial charge >= 0.3 is 0 Å². The zero-order valence-electron chi connectivity index (χ0n) is 8.45. The Kier molecular flexibility index (Phi) is 2.86. The molecule has 0 aliphatic heterocycles. The van der Waals surface area contributed by atoms with Gasteiger partial charge in [-0.2, -0.15) is 0 Å². The lowest BCUT2D eigenvalue weighted by atomic mass is 9.75. The highest BCUT2D eigenvalue weighted by Gasteiger charge is 2.26. The van der Waals surface area contributed by atoms with Gasteiger partial charge in [-0.15, -0.1) is 0 Å². The summed E-state index contributed by atoms with van der Waals surface area (Å²) in [5.41, 5.74) is 1.15. The molecule has 0 fully saturated rings. The molecule has 1 heteroatoms. The highest BCUT2D eigenvalue weighted by Crippen LogP contribution is 2.29. The van der Waals surface area contributed by atoms with Crippen molar-refractivity contribution in [3.63, 3.8) is 0 Å². The summed E-state index contributed by atoms with van der Waals surface area (Å²) in [5.74, 6) is 0.0508. The van der Waals surface area contributed by atoms with Crippen LogP contribution in [0.25, 0.3) is 0 Å². The predicted molar refractivity (Wildman–Crippen MR) is 54.7 cm³/mol. The minimum absolute atomic E-state index is 0.0508. The van der Waals surface area contributed by atoms with Crippen LogP contribution in [0, 0.1) is 5.92 Å². The third-order valence-electron chi connectivity index (χ3n) is 2.86. The van der Waals surface area contributed by atoms with E-state index in [-0.39, 0.29) is 11.3 Å². The minimum atomic E-state index is -0.0665. The standard InChI is InChI=1S/C12H16O/c1-10(9-13)12(2,3)11-7-5-4-6-8-11/h4-10H,1-3H3. The van der Waals surface area contributed by atoms with Crippen molar-refractivity contribution in [1.82, 2.24) is 0 Å². The molecule has 1 aromatic carbocycles. The van der Waals surface area contributed by atoms with E-state index in [9.17, 15) is 4.79 Å². The van der Waals surface area contributed by atoms with Crippen LogP contribution in [0.5, 0.6) is 0 Å². The SMILES string of the molecule is CC(C=O)C(C)(C)c1ccccc1. The molecule has 0 aromatic heterocycles. The smallest absolute Gasteiger partial charge is 0.123 e. The number of rotatable bonds is 3. The maximum Gasteiger partial charge on any atom is 0.123 e. The molecule has 70 valence electrons. The molecule has 1 aromatic rings. The van der Waals surface area contributed by atoms with E-state index in [1.54, 1.807) is 0 Å². The van der Waals surface area contributed by atoms with E-state index in [0.717, 1.165) is 6.29 Å². The van der Waals surface area contributed by atoms with Gasteiger partial charge < -0.3 is 4.79 Å². The number of hydrogen-bond donors (Lipinski definition) is 0. The summed E-state index contributed by atoms with van der Waals surface area (Å²) in [5, 5.41) is 0. The first kappa shape index (κ1) is 9.97. The topological polar surface area (TPSA) is 17.1 Å². The van der Waals surface area contributed by atoms with Crippen LogP contribution in [0.2, 0.25) is 0 Å². The first-order chi connectivity index (χ1) is 6.09. The maximum atomic E-state index is 10.7. The molecule has 0 saturated heterocycles. The molecule has 0 saturated carbocycles. The van der Waals surface area contributed by atoms with Gasteiger partial charge in [0.25, 0.3) is 0 Å². The van der Waals surface area contributed by atoms with Crippen LogP contribution in [0.15, 0.2) is 30.3 Å². The summed E-state index contributed by atoms with van der Waals surface area (Å²) in [7, 11) is 0. The zero-order valence-corrected chi connectivity index (χ0v) is 8.45. The van der Waals surface area contributed by atoms with Crippen LogP contribution >= 0.6 is 0 Å². The molecule has 0 radical (unpaired) electrons. The molecule has 0 heterocycles. The Morgan fingerprint density at radius 3 is 2.23 bits per heavy atom. The zero-order chi connectivity index (χ0) is 9.90. The summed E-state index contributed by atoms with van der Waals surface area (Å²) in [6.07, 6.45) is 1.02. The van der Waals surface area contributed by atoms with Crippen molar-refractivity contribution < 1.29 is 4.79 Å². The first-order valence-corrected chi connectivity index (χ1v) is 4.60. The molecule has 0 amide bonds. The average Bonchev–Trinajstić information content (AvgIpc) is 2.18. The van der Waals surface area contributed by atoms with E-state index in [2.05, 4.69) is 26.0 Å². The van der Waals surface area contributed by atoms with Crippen molar-refractivity contribution in [1.29, 1.82) is 0 Å². The van der Waals surface area contributed by atoms with Gasteiger partial charge in [-0.05, 0) is 11.0 Å². The Morgan fingerprint density at radius 2 is 1.77 bits per heavy atom. The fourth-order valence-corrected chi connectivity index (χ4v) is 1.30. The fourth-order valence-electron chi connectivity index (χ4n) is 1.30. The molecular weight excluding hydrogens is 160 g/mol. The summed E-state index contributed by atoms with van der Waals surface area (Å²) in [6, 6.07) is 10.1. The Labute approximate surface area is 79.8 Å². The molecule has 0 bridgehead atoms. The lowest BCUT2D eigenvalue weighted by Gasteiger charge is -2.28. The Balaban J connectivity index is 3.00. The number of aldehydes is 1. The van der Waals surface area contributed by atoms with Crippen molar-refractivity contribution in [2.24, 2.45) is 5.92 Å². The number of hydrogen-bond acceptors (Lipinski definition) is 1. The van der Waals surface area contributed by atoms with Gasteiger partial charge in [0.2, 0.25) is 0 Å². The molecule has 1 unspecified atom stereocenters. The summed E-state index contributed by atoms with van der Waals surface area (Å²) < 4.78 is 0. The molecule has 1 rings (SSSR count). The highest BCUT2D eigenvalue weighted by molar-refractivity contribution is 5.56. The second-order valence-corrected chi connectivity index (χ2v) is 4.01. The summed E-state index contributed by atoms with van der Waals surface area (Å²) >= 11 is 0. The number of benzene rings is 1. The third-order valence-corrected chi connectivity index (χ3v) is 2.86. The van der Waals surface area contributed by atoms with Gasteiger partial charge in [-0.1, -0.05) is 51.1 Å². The molecule has 0 spiro atoms. The third kappa shape index (κ3) is 1.97. The van der Waals surface area contributed by atoms with Crippen LogP contribution in [0.1, 0.15) is 26.3 Å². The van der Waals surface area contributed by atoms with E-state index >= 15 is 0 Å². The van der Waals surface area contributed by atoms with Gasteiger partial charge in [0, 0.05) is 5.92 Å². The van der Waals surface area contributed by atoms with E-state index in [4.69, 9.17) is 0 Å². The Morgan fingerprint density at radius 1 is 1.23 bits per heavy atom. The van der Waals surface area contributed by atoms with Crippen molar-refractivity contribution >= 4 is 6.29 Å². The van der Waals surface area contributed by atoms with E-state index < -0.39 is 0 Å². The van der Waals surface area contributed by atoms with Gasteiger partial charge in [0.05, 0.1) is 0 Å². The predicted octanol–water partition coefficient (Wildman–Crippen LogP) is 2.80. The second-order valence-electron chi connectivity index (χ2n) is 4.01. The highest BCUT2D eigenvalue weighted by atomic mass is 16.1. The minimum Gasteiger partial charge on any atom is -0.303 e.